The van der Waals surface area contributed by atoms with Gasteiger partial charge in [0.2, 0.25) is 6.79 Å². The zero-order valence-corrected chi connectivity index (χ0v) is 19.7. The Hall–Kier alpha value is -3.69. The molecular formula is C24H22ClN3O5S. The lowest BCUT2D eigenvalue weighted by Crippen LogP contribution is -2.36. The summed E-state index contributed by atoms with van der Waals surface area (Å²) in [6.07, 6.45) is 2.53. The molecule has 0 atom stereocenters. The van der Waals surface area contributed by atoms with Gasteiger partial charge in [-0.2, -0.15) is 0 Å². The average Bonchev–Trinajstić information content (AvgIpc) is 3.30. The lowest BCUT2D eigenvalue weighted by atomic mass is 10.1. The van der Waals surface area contributed by atoms with E-state index in [0.717, 1.165) is 17.0 Å². The molecule has 3 aromatic rings. The average molecular weight is 500 g/mol. The van der Waals surface area contributed by atoms with Crippen LogP contribution in [-0.2, 0) is 16.4 Å². The second kappa shape index (κ2) is 10.1. The first-order valence-electron chi connectivity index (χ1n) is 10.3. The van der Waals surface area contributed by atoms with Crippen molar-refractivity contribution in [3.63, 3.8) is 0 Å². The van der Waals surface area contributed by atoms with Crippen LogP contribution in [0.1, 0.15) is 22.8 Å². The van der Waals surface area contributed by atoms with Crippen molar-refractivity contribution in [1.29, 1.82) is 0 Å². The normalized spacial score (nSPS) is 12.8. The maximum atomic E-state index is 12.7. The molecule has 3 N–H and O–H groups in total. The molecule has 3 aromatic carbocycles. The second-order valence-electron chi connectivity index (χ2n) is 7.47. The van der Waals surface area contributed by atoms with Crippen LogP contribution in [0.3, 0.4) is 0 Å². The Morgan fingerprint density at radius 2 is 1.79 bits per heavy atom. The van der Waals surface area contributed by atoms with Gasteiger partial charge in [-0.25, -0.2) is 8.42 Å². The van der Waals surface area contributed by atoms with E-state index in [4.69, 9.17) is 21.1 Å². The summed E-state index contributed by atoms with van der Waals surface area (Å²) in [4.78, 5) is 12.5. The van der Waals surface area contributed by atoms with Crippen LogP contribution in [0.15, 0.2) is 83.4 Å². The van der Waals surface area contributed by atoms with Gasteiger partial charge in [0.1, 0.15) is 0 Å². The Kier molecular flexibility index (Phi) is 6.95. The van der Waals surface area contributed by atoms with Crippen molar-refractivity contribution in [2.75, 3.05) is 11.5 Å². The number of para-hydroxylation sites is 1. The van der Waals surface area contributed by atoms with Gasteiger partial charge >= 0.3 is 0 Å². The summed E-state index contributed by atoms with van der Waals surface area (Å²) in [5.74, 6) is 0.954. The fourth-order valence-electron chi connectivity index (χ4n) is 3.17. The highest BCUT2D eigenvalue weighted by Gasteiger charge is 2.18. The number of hydrogen-bond donors (Lipinski definition) is 3. The molecule has 0 fully saturated rings. The number of sulfonamides is 1. The van der Waals surface area contributed by atoms with Crippen LogP contribution in [0.25, 0.3) is 0 Å². The minimum atomic E-state index is -3.93. The molecule has 0 bridgehead atoms. The number of allylic oxidation sites excluding steroid dienone is 2. The first kappa shape index (κ1) is 23.5. The zero-order valence-electron chi connectivity index (χ0n) is 18.2. The van der Waals surface area contributed by atoms with E-state index >= 15 is 0 Å². The van der Waals surface area contributed by atoms with E-state index in [1.54, 1.807) is 24.3 Å². The van der Waals surface area contributed by atoms with Crippen LogP contribution < -0.4 is 25.0 Å². The van der Waals surface area contributed by atoms with Crippen molar-refractivity contribution in [3.8, 4) is 11.5 Å². The number of nitrogens with one attached hydrogen (secondary N) is 3. The topological polar surface area (TPSA) is 106 Å². The predicted octanol–water partition coefficient (Wildman–Crippen LogP) is 4.25. The number of carbonyl (C=O) groups excluding carboxylic acids is 1. The van der Waals surface area contributed by atoms with Crippen LogP contribution >= 0.6 is 11.6 Å². The highest BCUT2D eigenvalue weighted by atomic mass is 35.5. The number of hydrazine groups is 1. The molecule has 176 valence electrons. The van der Waals surface area contributed by atoms with Crippen molar-refractivity contribution in [2.45, 2.75) is 18.2 Å². The van der Waals surface area contributed by atoms with Crippen molar-refractivity contribution < 1.29 is 22.7 Å². The molecule has 0 saturated carbocycles. The maximum absolute atomic E-state index is 12.7. The van der Waals surface area contributed by atoms with E-state index in [2.05, 4.69) is 15.6 Å². The molecule has 1 heterocycles. The molecule has 1 amide bonds. The summed E-state index contributed by atoms with van der Waals surface area (Å²) in [5.41, 5.74) is 7.59. The lowest BCUT2D eigenvalue weighted by molar-refractivity contribution is 0.0938. The van der Waals surface area contributed by atoms with E-state index in [1.807, 2.05) is 31.2 Å². The van der Waals surface area contributed by atoms with Crippen molar-refractivity contribution >= 4 is 33.2 Å². The van der Waals surface area contributed by atoms with Crippen LogP contribution in [0.4, 0.5) is 5.69 Å². The van der Waals surface area contributed by atoms with Crippen molar-refractivity contribution in [2.24, 2.45) is 0 Å². The summed E-state index contributed by atoms with van der Waals surface area (Å²) >= 11 is 6.04. The number of rotatable bonds is 8. The standard InChI is InChI=1S/C24H22ClN3O5S/c1-16(9-10-17-11-12-22-23(13-17)33-15-32-22)26-27-24(29)18-5-4-6-19(14-18)34(30,31)28-21-8-3-2-7-20(21)25/h2-9,11-14,26,28H,10,15H2,1H3,(H,27,29)/b16-9+. The summed E-state index contributed by atoms with van der Waals surface area (Å²) in [6.45, 7) is 2.03. The molecule has 0 aromatic heterocycles. The molecular weight excluding hydrogens is 478 g/mol. The number of halogens is 1. The predicted molar refractivity (Wildman–Crippen MR) is 129 cm³/mol. The van der Waals surface area contributed by atoms with Crippen molar-refractivity contribution in [1.82, 2.24) is 10.9 Å². The Labute approximate surface area is 202 Å². The quantitative estimate of drug-likeness (QED) is 0.400. The van der Waals surface area contributed by atoms with Crippen LogP contribution in [0.5, 0.6) is 11.5 Å². The molecule has 8 nitrogen and oxygen atoms in total. The van der Waals surface area contributed by atoms with E-state index in [9.17, 15) is 13.2 Å². The largest absolute Gasteiger partial charge is 0.454 e. The monoisotopic (exact) mass is 499 g/mol. The smallest absolute Gasteiger partial charge is 0.269 e. The van der Waals surface area contributed by atoms with Gasteiger partial charge in [-0.15, -0.1) is 0 Å². The summed E-state index contributed by atoms with van der Waals surface area (Å²) < 4.78 is 38.6. The van der Waals surface area contributed by atoms with Crippen LogP contribution in [0, 0.1) is 0 Å². The molecule has 0 spiro atoms. The first-order valence-corrected chi connectivity index (χ1v) is 12.2. The Balaban J connectivity index is 1.37. The SMILES string of the molecule is C/C(=C\Cc1ccc2c(c1)OCO2)NNC(=O)c1cccc(S(=O)(=O)Nc2ccccc2Cl)c1. The van der Waals surface area contributed by atoms with Crippen molar-refractivity contribution in [3.05, 3.63) is 94.7 Å². The van der Waals surface area contributed by atoms with Crippen LogP contribution in [-0.4, -0.2) is 21.1 Å². The van der Waals surface area contributed by atoms with E-state index in [1.165, 1.54) is 24.3 Å². The second-order valence-corrected chi connectivity index (χ2v) is 9.56. The van der Waals surface area contributed by atoms with Crippen LogP contribution in [0.2, 0.25) is 5.02 Å². The summed E-state index contributed by atoms with van der Waals surface area (Å²) in [5, 5.41) is 0.271. The number of hydrogen-bond acceptors (Lipinski definition) is 6. The van der Waals surface area contributed by atoms with E-state index in [-0.39, 0.29) is 28.0 Å². The zero-order chi connectivity index (χ0) is 24.1. The summed E-state index contributed by atoms with van der Waals surface area (Å²) in [6, 6.07) is 17.9. The molecule has 1 aliphatic rings. The van der Waals surface area contributed by atoms with Gasteiger partial charge in [0, 0.05) is 11.3 Å². The fourth-order valence-corrected chi connectivity index (χ4v) is 4.53. The minimum Gasteiger partial charge on any atom is -0.454 e. The molecule has 0 saturated heterocycles. The molecule has 10 heteroatoms. The van der Waals surface area contributed by atoms with Gasteiger partial charge in [-0.05, 0) is 61.4 Å². The van der Waals surface area contributed by atoms with Gasteiger partial charge < -0.3 is 14.9 Å². The molecule has 0 aliphatic carbocycles. The van der Waals surface area contributed by atoms with E-state index < -0.39 is 15.9 Å². The highest BCUT2D eigenvalue weighted by Crippen LogP contribution is 2.32. The Bertz CT molecular complexity index is 1360. The number of amides is 1. The lowest BCUT2D eigenvalue weighted by Gasteiger charge is -2.12. The number of anilines is 1. The van der Waals surface area contributed by atoms with Gasteiger partial charge in [-0.3, -0.25) is 14.9 Å². The minimum absolute atomic E-state index is 0.0601. The number of benzene rings is 3. The number of fused-ring (bicyclic) bond motifs is 1. The Morgan fingerprint density at radius 1 is 1.00 bits per heavy atom. The number of carbonyl (C=O) groups is 1. The Morgan fingerprint density at radius 3 is 2.62 bits per heavy atom. The van der Waals surface area contributed by atoms with Gasteiger partial charge in [0.05, 0.1) is 15.6 Å². The summed E-state index contributed by atoms with van der Waals surface area (Å²) in [7, 11) is -3.93. The maximum Gasteiger partial charge on any atom is 0.269 e. The van der Waals surface area contributed by atoms with Gasteiger partial charge in [0.15, 0.2) is 11.5 Å². The first-order chi connectivity index (χ1) is 16.3. The van der Waals surface area contributed by atoms with E-state index in [0.29, 0.717) is 12.2 Å². The molecule has 0 unspecified atom stereocenters. The highest BCUT2D eigenvalue weighted by molar-refractivity contribution is 7.92. The third-order valence-electron chi connectivity index (χ3n) is 4.98. The van der Waals surface area contributed by atoms with Gasteiger partial charge in [0.25, 0.3) is 15.9 Å². The molecule has 34 heavy (non-hydrogen) atoms. The third-order valence-corrected chi connectivity index (χ3v) is 6.67. The number of ether oxygens (including phenoxy) is 2. The third kappa shape index (κ3) is 5.62. The fraction of sp³-hybridized carbons (Fsp3) is 0.125. The molecule has 4 rings (SSSR count). The van der Waals surface area contributed by atoms with Gasteiger partial charge in [-0.1, -0.05) is 41.9 Å². The molecule has 0 radical (unpaired) electrons. The molecule has 1 aliphatic heterocycles.